The number of carbonyl (C=O) groups excluding carboxylic acids is 1. The Morgan fingerprint density at radius 1 is 1.13 bits per heavy atom. The lowest BCUT2D eigenvalue weighted by atomic mass is 9.84. The van der Waals surface area contributed by atoms with E-state index in [4.69, 9.17) is 16.6 Å². The van der Waals surface area contributed by atoms with E-state index in [1.807, 2.05) is 40.6 Å². The van der Waals surface area contributed by atoms with Gasteiger partial charge in [-0.1, -0.05) is 48.0 Å². The Hall–Kier alpha value is -4.20. The minimum absolute atomic E-state index is 0.135. The highest BCUT2D eigenvalue weighted by molar-refractivity contribution is 7.11. The van der Waals surface area contributed by atoms with Crippen LogP contribution in [0.3, 0.4) is 0 Å². The molecule has 0 radical (unpaired) electrons. The molecule has 4 aromatic rings. The van der Waals surface area contributed by atoms with Gasteiger partial charge >= 0.3 is 12.6 Å². The van der Waals surface area contributed by atoms with E-state index in [1.54, 1.807) is 11.1 Å². The molecule has 3 aliphatic heterocycles. The third-order valence-corrected chi connectivity index (χ3v) is 9.84. The maximum absolute atomic E-state index is 14.1. The first kappa shape index (κ1) is 30.5. The number of aliphatic imine (C=N–C) groups is 1. The second kappa shape index (κ2) is 12.2. The van der Waals surface area contributed by atoms with Crippen molar-refractivity contribution in [1.29, 1.82) is 0 Å². The molecule has 9 nitrogen and oxygen atoms in total. The third kappa shape index (κ3) is 5.67. The number of carbonyl (C=O) groups is 1. The van der Waals surface area contributed by atoms with E-state index in [-0.39, 0.29) is 22.8 Å². The van der Waals surface area contributed by atoms with E-state index in [1.165, 1.54) is 41.8 Å². The maximum atomic E-state index is 14.1. The fourth-order valence-electron chi connectivity index (χ4n) is 6.43. The molecule has 2 aromatic heterocycles. The molecule has 2 fully saturated rings. The molecule has 0 unspecified atom stereocenters. The molecule has 238 valence electrons. The van der Waals surface area contributed by atoms with E-state index in [2.05, 4.69) is 15.4 Å². The van der Waals surface area contributed by atoms with Crippen LogP contribution in [0.15, 0.2) is 83.1 Å². The number of rotatable bonds is 6. The van der Waals surface area contributed by atoms with Crippen LogP contribution in [0.1, 0.15) is 53.7 Å². The van der Waals surface area contributed by atoms with Gasteiger partial charge in [0.05, 0.1) is 17.3 Å². The van der Waals surface area contributed by atoms with E-state index >= 15 is 0 Å². The first-order valence-corrected chi connectivity index (χ1v) is 16.1. The van der Waals surface area contributed by atoms with Crippen molar-refractivity contribution in [2.75, 3.05) is 19.6 Å². The zero-order chi connectivity index (χ0) is 32.0. The first-order valence-electron chi connectivity index (χ1n) is 14.8. The summed E-state index contributed by atoms with van der Waals surface area (Å²) in [6.45, 7) is -1.74. The van der Waals surface area contributed by atoms with Crippen LogP contribution in [0.25, 0.3) is 5.57 Å². The Labute approximate surface area is 271 Å². The summed E-state index contributed by atoms with van der Waals surface area (Å²) in [5.41, 5.74) is 1.86. The van der Waals surface area contributed by atoms with Crippen molar-refractivity contribution in [2.24, 2.45) is 4.99 Å². The summed E-state index contributed by atoms with van der Waals surface area (Å²) in [7, 11) is 0. The molecule has 3 aliphatic rings. The van der Waals surface area contributed by atoms with Crippen LogP contribution in [-0.2, 0) is 5.60 Å². The molecule has 2 amide bonds. The molecule has 2 N–H and O–H groups in total. The zero-order valence-corrected chi connectivity index (χ0v) is 25.9. The third-order valence-electron chi connectivity index (χ3n) is 8.74. The Morgan fingerprint density at radius 2 is 1.91 bits per heavy atom. The van der Waals surface area contributed by atoms with Gasteiger partial charge in [-0.3, -0.25) is 4.99 Å². The largest absolute Gasteiger partial charge is 0.385 e. The molecule has 14 heteroatoms. The lowest BCUT2D eigenvalue weighted by Gasteiger charge is -2.38. The van der Waals surface area contributed by atoms with E-state index in [0.717, 1.165) is 11.3 Å². The first-order chi connectivity index (χ1) is 22.2. The maximum Gasteiger partial charge on any atom is 0.333 e. The summed E-state index contributed by atoms with van der Waals surface area (Å²) in [4.78, 5) is 26.7. The molecule has 0 saturated carbocycles. The number of halogens is 4. The SMILES string of the molecule is O=C(N[C@H]1CC2=C(c3ccn(C(F)F)n3)[C@H](c3ccc(F)cc3Cl)N=C(c3nccs3)N2C1)N1CCC(O)(c2ccccc2)CC1. The van der Waals surface area contributed by atoms with Crippen molar-refractivity contribution in [2.45, 2.75) is 43.5 Å². The molecule has 2 aromatic carbocycles. The summed E-state index contributed by atoms with van der Waals surface area (Å²) in [6, 6.07) is 13.6. The molecular weight excluding hydrogens is 639 g/mol. The van der Waals surface area contributed by atoms with Gasteiger partial charge < -0.3 is 20.2 Å². The lowest BCUT2D eigenvalue weighted by Crippen LogP contribution is -2.51. The molecule has 7 rings (SSSR count). The summed E-state index contributed by atoms with van der Waals surface area (Å²) >= 11 is 7.93. The number of urea groups is 1. The topological polar surface area (TPSA) is 98.9 Å². The molecule has 0 bridgehead atoms. The predicted molar refractivity (Wildman–Crippen MR) is 168 cm³/mol. The van der Waals surface area contributed by atoms with Gasteiger partial charge in [-0.05, 0) is 36.6 Å². The quantitative estimate of drug-likeness (QED) is 0.255. The van der Waals surface area contributed by atoms with Gasteiger partial charge in [-0.25, -0.2) is 18.9 Å². The smallest absolute Gasteiger partial charge is 0.333 e. The van der Waals surface area contributed by atoms with Crippen LogP contribution >= 0.6 is 22.9 Å². The molecule has 2 saturated heterocycles. The summed E-state index contributed by atoms with van der Waals surface area (Å²) in [5.74, 6) is 0.0186. The molecule has 2 atom stereocenters. The molecule has 46 heavy (non-hydrogen) atoms. The van der Waals surface area contributed by atoms with Crippen molar-refractivity contribution >= 4 is 40.4 Å². The van der Waals surface area contributed by atoms with Crippen LogP contribution < -0.4 is 5.32 Å². The lowest BCUT2D eigenvalue weighted by molar-refractivity contribution is -0.0169. The molecule has 0 spiro atoms. The van der Waals surface area contributed by atoms with Crippen molar-refractivity contribution in [1.82, 2.24) is 29.9 Å². The summed E-state index contributed by atoms with van der Waals surface area (Å²) < 4.78 is 41.9. The van der Waals surface area contributed by atoms with Crippen LogP contribution in [-0.4, -0.2) is 67.2 Å². The Balaban J connectivity index is 1.20. The van der Waals surface area contributed by atoms with Gasteiger partial charge in [0.1, 0.15) is 11.9 Å². The Morgan fingerprint density at radius 3 is 2.59 bits per heavy atom. The summed E-state index contributed by atoms with van der Waals surface area (Å²) in [5, 5.41) is 21.1. The number of likely N-dealkylation sites (tertiary alicyclic amines) is 1. The van der Waals surface area contributed by atoms with Crippen LogP contribution in [0, 0.1) is 5.82 Å². The highest BCUT2D eigenvalue weighted by atomic mass is 35.5. The number of alkyl halides is 2. The van der Waals surface area contributed by atoms with Gasteiger partial charge in [0, 0.05) is 65.7 Å². The van der Waals surface area contributed by atoms with Gasteiger partial charge in [0.25, 0.3) is 0 Å². The minimum atomic E-state index is -2.85. The second-order valence-corrected chi connectivity index (χ2v) is 12.8. The van der Waals surface area contributed by atoms with Gasteiger partial charge in [-0.15, -0.1) is 11.3 Å². The summed E-state index contributed by atoms with van der Waals surface area (Å²) in [6.07, 6.45) is 4.02. The minimum Gasteiger partial charge on any atom is -0.385 e. The number of nitrogens with zero attached hydrogens (tertiary/aromatic N) is 6. The monoisotopic (exact) mass is 667 g/mol. The predicted octanol–water partition coefficient (Wildman–Crippen LogP) is 6.21. The standard InChI is InChI=1S/C32H29ClF3N7O2S/c33-23-16-20(34)6-7-22(23)27-26(24-8-12-43(40-24)30(35)36)25-17-21(18-42(25)28(39-27)29-37-11-15-46-29)38-31(44)41-13-9-32(45,10-14-41)19-4-2-1-3-5-19/h1-8,11-12,15-16,21,27,30,45H,9-10,13-14,17-18H2,(H,38,44)/t21-,27-/m0/s1. The number of aromatic nitrogens is 3. The molecule has 5 heterocycles. The van der Waals surface area contributed by atoms with Crippen molar-refractivity contribution < 1.29 is 23.1 Å². The fourth-order valence-corrected chi connectivity index (χ4v) is 7.34. The number of aliphatic hydroxyl groups is 1. The van der Waals surface area contributed by atoms with Crippen molar-refractivity contribution in [3.05, 3.63) is 111 Å². The number of thiazole rings is 1. The molecule has 0 aliphatic carbocycles. The van der Waals surface area contributed by atoms with E-state index in [0.29, 0.717) is 65.6 Å². The number of amidine groups is 1. The normalized spacial score (nSPS) is 21.0. The number of hydrogen-bond donors (Lipinski definition) is 2. The fraction of sp³-hybridized carbons (Fsp3) is 0.312. The van der Waals surface area contributed by atoms with Crippen molar-refractivity contribution in [3.63, 3.8) is 0 Å². The number of benzene rings is 2. The number of nitrogens with one attached hydrogen (secondary N) is 1. The Kier molecular flexibility index (Phi) is 8.07. The number of piperidine rings is 1. The van der Waals surface area contributed by atoms with E-state index in [9.17, 15) is 23.1 Å². The van der Waals surface area contributed by atoms with Crippen LogP contribution in [0.2, 0.25) is 5.02 Å². The number of fused-ring (bicyclic) bond motifs is 1. The Bertz CT molecular complexity index is 1810. The van der Waals surface area contributed by atoms with Crippen LogP contribution in [0.5, 0.6) is 0 Å². The molecular formula is C32H29ClF3N7O2S. The second-order valence-electron chi connectivity index (χ2n) is 11.5. The average Bonchev–Trinajstić information content (AvgIpc) is 3.83. The highest BCUT2D eigenvalue weighted by Crippen LogP contribution is 2.46. The highest BCUT2D eigenvalue weighted by Gasteiger charge is 2.42. The van der Waals surface area contributed by atoms with Gasteiger partial charge in [0.2, 0.25) is 0 Å². The van der Waals surface area contributed by atoms with Gasteiger partial charge in [-0.2, -0.15) is 13.9 Å². The van der Waals surface area contributed by atoms with Crippen molar-refractivity contribution in [3.8, 4) is 0 Å². The number of hydrogen-bond acceptors (Lipinski definition) is 7. The van der Waals surface area contributed by atoms with E-state index < -0.39 is 24.0 Å². The van der Waals surface area contributed by atoms with Crippen LogP contribution in [0.4, 0.5) is 18.0 Å². The average molecular weight is 668 g/mol. The van der Waals surface area contributed by atoms with Gasteiger partial charge in [0.15, 0.2) is 10.8 Å². The zero-order valence-electron chi connectivity index (χ0n) is 24.4. The number of amides is 2.